The fourth-order valence-electron chi connectivity index (χ4n) is 3.45. The van der Waals surface area contributed by atoms with Crippen molar-refractivity contribution in [2.24, 2.45) is 5.92 Å². The second-order valence-corrected chi connectivity index (χ2v) is 6.84. The summed E-state index contributed by atoms with van der Waals surface area (Å²) in [5.41, 5.74) is 1.50. The van der Waals surface area contributed by atoms with E-state index < -0.39 is 5.92 Å². The highest BCUT2D eigenvalue weighted by atomic mass is 16.5. The Morgan fingerprint density at radius 2 is 1.60 bits per heavy atom. The molecule has 8 nitrogen and oxygen atoms in total. The van der Waals surface area contributed by atoms with Crippen LogP contribution in [0.1, 0.15) is 12.0 Å². The topological polar surface area (TPSA) is 86.3 Å². The first-order valence-corrected chi connectivity index (χ1v) is 9.51. The molecule has 2 aromatic rings. The number of ether oxygens (including phenoxy) is 4. The van der Waals surface area contributed by atoms with Gasteiger partial charge in [0.05, 0.1) is 34.4 Å². The quantitative estimate of drug-likeness (QED) is 0.714. The SMILES string of the molecule is COc1ccc(N2CC(C(=O)NCc3cc(OC)c(OC)cc3OC)CC2=O)cc1. The van der Waals surface area contributed by atoms with Crippen molar-refractivity contribution in [1.29, 1.82) is 0 Å². The minimum atomic E-state index is -0.425. The molecule has 1 heterocycles. The van der Waals surface area contributed by atoms with Crippen LogP contribution in [0.5, 0.6) is 23.0 Å². The van der Waals surface area contributed by atoms with Crippen LogP contribution in [0.25, 0.3) is 0 Å². The molecular weight excluding hydrogens is 388 g/mol. The zero-order valence-corrected chi connectivity index (χ0v) is 17.6. The van der Waals surface area contributed by atoms with E-state index in [-0.39, 0.29) is 24.8 Å². The molecule has 0 bridgehead atoms. The van der Waals surface area contributed by atoms with Crippen molar-refractivity contribution in [2.45, 2.75) is 13.0 Å². The molecule has 1 aliphatic heterocycles. The normalized spacial score (nSPS) is 15.7. The van der Waals surface area contributed by atoms with E-state index in [1.54, 1.807) is 57.6 Å². The van der Waals surface area contributed by atoms with Gasteiger partial charge in [0.1, 0.15) is 11.5 Å². The number of nitrogens with one attached hydrogen (secondary N) is 1. The van der Waals surface area contributed by atoms with E-state index >= 15 is 0 Å². The number of rotatable bonds is 8. The van der Waals surface area contributed by atoms with Gasteiger partial charge in [0, 0.05) is 36.8 Å². The van der Waals surface area contributed by atoms with Crippen LogP contribution in [0, 0.1) is 5.92 Å². The molecular formula is C22H26N2O6. The fraction of sp³-hybridized carbons (Fsp3) is 0.364. The van der Waals surface area contributed by atoms with Crippen LogP contribution in [0.4, 0.5) is 5.69 Å². The lowest BCUT2D eigenvalue weighted by atomic mass is 10.1. The van der Waals surface area contributed by atoms with Gasteiger partial charge < -0.3 is 29.2 Å². The number of benzene rings is 2. The lowest BCUT2D eigenvalue weighted by Gasteiger charge is -2.18. The van der Waals surface area contributed by atoms with Crippen molar-refractivity contribution < 1.29 is 28.5 Å². The van der Waals surface area contributed by atoms with Crippen LogP contribution in [-0.2, 0) is 16.1 Å². The molecule has 160 valence electrons. The Balaban J connectivity index is 1.66. The number of carbonyl (C=O) groups is 2. The van der Waals surface area contributed by atoms with Gasteiger partial charge in [-0.25, -0.2) is 0 Å². The fourth-order valence-corrected chi connectivity index (χ4v) is 3.45. The summed E-state index contributed by atoms with van der Waals surface area (Å²) in [6.07, 6.45) is 0.168. The van der Waals surface area contributed by atoms with Crippen molar-refractivity contribution in [3.05, 3.63) is 42.0 Å². The van der Waals surface area contributed by atoms with Gasteiger partial charge in [-0.1, -0.05) is 0 Å². The summed E-state index contributed by atoms with van der Waals surface area (Å²) in [5, 5.41) is 2.90. The summed E-state index contributed by atoms with van der Waals surface area (Å²) in [7, 11) is 6.23. The number of amides is 2. The molecule has 0 spiro atoms. The Bertz CT molecular complexity index is 913. The Labute approximate surface area is 175 Å². The number of carbonyl (C=O) groups excluding carboxylic acids is 2. The summed E-state index contributed by atoms with van der Waals surface area (Å²) in [5.74, 6) is 1.69. The van der Waals surface area contributed by atoms with Gasteiger partial charge in [-0.05, 0) is 30.3 Å². The Hall–Kier alpha value is -3.42. The van der Waals surface area contributed by atoms with Gasteiger partial charge in [-0.15, -0.1) is 0 Å². The average Bonchev–Trinajstić information content (AvgIpc) is 3.18. The Kier molecular flexibility index (Phi) is 6.66. The molecule has 1 unspecified atom stereocenters. The third-order valence-electron chi connectivity index (χ3n) is 5.12. The number of hydrogen-bond acceptors (Lipinski definition) is 6. The first-order valence-electron chi connectivity index (χ1n) is 9.51. The molecule has 0 aromatic heterocycles. The molecule has 0 aliphatic carbocycles. The third-order valence-corrected chi connectivity index (χ3v) is 5.12. The minimum Gasteiger partial charge on any atom is -0.497 e. The van der Waals surface area contributed by atoms with E-state index in [0.29, 0.717) is 29.5 Å². The van der Waals surface area contributed by atoms with E-state index in [4.69, 9.17) is 18.9 Å². The van der Waals surface area contributed by atoms with E-state index in [1.165, 1.54) is 0 Å². The largest absolute Gasteiger partial charge is 0.497 e. The monoisotopic (exact) mass is 414 g/mol. The van der Waals surface area contributed by atoms with Crippen molar-refractivity contribution in [3.63, 3.8) is 0 Å². The molecule has 1 aliphatic rings. The van der Waals surface area contributed by atoms with Crippen molar-refractivity contribution in [3.8, 4) is 23.0 Å². The predicted octanol–water partition coefficient (Wildman–Crippen LogP) is 2.39. The maximum atomic E-state index is 12.7. The predicted molar refractivity (Wildman–Crippen MR) is 111 cm³/mol. The standard InChI is InChI=1S/C22H26N2O6/c1-27-17-7-5-16(6-8-17)24-13-15(10-21(24)25)22(26)23-12-14-9-19(29-3)20(30-4)11-18(14)28-2/h5-9,11,15H,10,12-13H2,1-4H3,(H,23,26). The van der Waals surface area contributed by atoms with Crippen molar-refractivity contribution in [2.75, 3.05) is 39.9 Å². The number of hydrogen-bond donors (Lipinski definition) is 1. The number of anilines is 1. The summed E-state index contributed by atoms with van der Waals surface area (Å²) in [6, 6.07) is 10.7. The highest BCUT2D eigenvalue weighted by Crippen LogP contribution is 2.34. The molecule has 2 aromatic carbocycles. The van der Waals surface area contributed by atoms with Gasteiger partial charge in [-0.3, -0.25) is 9.59 Å². The highest BCUT2D eigenvalue weighted by Gasteiger charge is 2.35. The van der Waals surface area contributed by atoms with Crippen molar-refractivity contribution in [1.82, 2.24) is 5.32 Å². The van der Waals surface area contributed by atoms with Gasteiger partial charge in [-0.2, -0.15) is 0 Å². The molecule has 1 saturated heterocycles. The summed E-state index contributed by atoms with van der Waals surface area (Å²) in [6.45, 7) is 0.579. The van der Waals surface area contributed by atoms with E-state index in [2.05, 4.69) is 5.32 Å². The molecule has 30 heavy (non-hydrogen) atoms. The first kappa shape index (κ1) is 21.3. The molecule has 2 amide bonds. The molecule has 3 rings (SSSR count). The van der Waals surface area contributed by atoms with Crippen LogP contribution >= 0.6 is 0 Å². The molecule has 8 heteroatoms. The molecule has 0 saturated carbocycles. The van der Waals surface area contributed by atoms with Gasteiger partial charge in [0.2, 0.25) is 11.8 Å². The second kappa shape index (κ2) is 9.39. The minimum absolute atomic E-state index is 0.0796. The molecule has 1 atom stereocenters. The number of methoxy groups -OCH3 is 4. The van der Waals surface area contributed by atoms with Crippen LogP contribution in [0.15, 0.2) is 36.4 Å². The van der Waals surface area contributed by atoms with Crippen molar-refractivity contribution >= 4 is 17.5 Å². The molecule has 0 radical (unpaired) electrons. The first-order chi connectivity index (χ1) is 14.5. The zero-order chi connectivity index (χ0) is 21.7. The molecule has 1 fully saturated rings. The summed E-state index contributed by atoms with van der Waals surface area (Å²) in [4.78, 5) is 26.8. The molecule has 1 N–H and O–H groups in total. The van der Waals surface area contributed by atoms with Crippen LogP contribution in [0.3, 0.4) is 0 Å². The summed E-state index contributed by atoms with van der Waals surface area (Å²) < 4.78 is 21.1. The lowest BCUT2D eigenvalue weighted by molar-refractivity contribution is -0.126. The van der Waals surface area contributed by atoms with Crippen LogP contribution in [-0.4, -0.2) is 46.8 Å². The maximum Gasteiger partial charge on any atom is 0.227 e. The van der Waals surface area contributed by atoms with Crippen LogP contribution in [0.2, 0.25) is 0 Å². The average molecular weight is 414 g/mol. The van der Waals surface area contributed by atoms with E-state index in [0.717, 1.165) is 11.3 Å². The maximum absolute atomic E-state index is 12.7. The zero-order valence-electron chi connectivity index (χ0n) is 17.6. The van der Waals surface area contributed by atoms with Gasteiger partial charge in [0.15, 0.2) is 11.5 Å². The smallest absolute Gasteiger partial charge is 0.227 e. The number of nitrogens with zero attached hydrogens (tertiary/aromatic N) is 1. The summed E-state index contributed by atoms with van der Waals surface area (Å²) >= 11 is 0. The Morgan fingerprint density at radius 3 is 2.20 bits per heavy atom. The third kappa shape index (κ3) is 4.42. The van der Waals surface area contributed by atoms with Crippen LogP contribution < -0.4 is 29.2 Å². The van der Waals surface area contributed by atoms with Gasteiger partial charge >= 0.3 is 0 Å². The highest BCUT2D eigenvalue weighted by molar-refractivity contribution is 6.00. The Morgan fingerprint density at radius 1 is 0.967 bits per heavy atom. The van der Waals surface area contributed by atoms with Gasteiger partial charge in [0.25, 0.3) is 0 Å². The van der Waals surface area contributed by atoms with E-state index in [9.17, 15) is 9.59 Å². The second-order valence-electron chi connectivity index (χ2n) is 6.84. The lowest BCUT2D eigenvalue weighted by Crippen LogP contribution is -2.32. The van der Waals surface area contributed by atoms with E-state index in [1.807, 2.05) is 12.1 Å².